The van der Waals surface area contributed by atoms with E-state index in [1.54, 1.807) is 0 Å². The highest BCUT2D eigenvalue weighted by molar-refractivity contribution is 7.18. The number of methoxy groups -OCH3 is 1. The smallest absolute Gasteiger partial charge is 0.348 e. The standard InChI is InChI=1S/C9H13NO2S/c1-4-6-5-7(10-2)13-8(6)9(11)12-3/h5,10H,4H2,1-3H3. The molecule has 1 aromatic rings. The molecule has 1 rings (SSSR count). The highest BCUT2D eigenvalue weighted by atomic mass is 32.1. The summed E-state index contributed by atoms with van der Waals surface area (Å²) in [6, 6.07) is 1.98. The summed E-state index contributed by atoms with van der Waals surface area (Å²) >= 11 is 1.43. The van der Waals surface area contributed by atoms with Crippen molar-refractivity contribution >= 4 is 22.3 Å². The van der Waals surface area contributed by atoms with Gasteiger partial charge in [-0.3, -0.25) is 0 Å². The van der Waals surface area contributed by atoms with Crippen LogP contribution in [0.1, 0.15) is 22.2 Å². The van der Waals surface area contributed by atoms with Crippen LogP contribution in [0.5, 0.6) is 0 Å². The predicted molar refractivity (Wildman–Crippen MR) is 54.6 cm³/mol. The summed E-state index contributed by atoms with van der Waals surface area (Å²) < 4.78 is 4.68. The molecule has 0 radical (unpaired) electrons. The van der Waals surface area contributed by atoms with Crippen molar-refractivity contribution in [1.29, 1.82) is 0 Å². The summed E-state index contributed by atoms with van der Waals surface area (Å²) in [6.45, 7) is 2.02. The van der Waals surface area contributed by atoms with Gasteiger partial charge in [0.1, 0.15) is 4.88 Å². The van der Waals surface area contributed by atoms with E-state index < -0.39 is 0 Å². The fourth-order valence-electron chi connectivity index (χ4n) is 1.08. The van der Waals surface area contributed by atoms with E-state index in [1.807, 2.05) is 20.0 Å². The molecule has 0 fully saturated rings. The van der Waals surface area contributed by atoms with Gasteiger partial charge in [0.15, 0.2) is 0 Å². The SMILES string of the molecule is CCc1cc(NC)sc1C(=O)OC. The summed E-state index contributed by atoms with van der Waals surface area (Å²) in [6.07, 6.45) is 0.850. The van der Waals surface area contributed by atoms with Crippen molar-refractivity contribution in [2.45, 2.75) is 13.3 Å². The van der Waals surface area contributed by atoms with E-state index in [9.17, 15) is 4.79 Å². The summed E-state index contributed by atoms with van der Waals surface area (Å²) in [5, 5.41) is 4.01. The highest BCUT2D eigenvalue weighted by Gasteiger charge is 2.14. The number of carbonyl (C=O) groups is 1. The summed E-state index contributed by atoms with van der Waals surface area (Å²) in [4.78, 5) is 12.0. The normalized spacial score (nSPS) is 9.77. The molecule has 4 heteroatoms. The Morgan fingerprint density at radius 3 is 2.85 bits per heavy atom. The fraction of sp³-hybridized carbons (Fsp3) is 0.444. The first-order valence-corrected chi connectivity index (χ1v) is 4.93. The zero-order valence-corrected chi connectivity index (χ0v) is 8.83. The zero-order chi connectivity index (χ0) is 9.84. The van der Waals surface area contributed by atoms with E-state index in [0.29, 0.717) is 4.88 Å². The highest BCUT2D eigenvalue weighted by Crippen LogP contribution is 2.27. The molecule has 0 amide bonds. The van der Waals surface area contributed by atoms with Crippen LogP contribution in [0.2, 0.25) is 0 Å². The number of esters is 1. The van der Waals surface area contributed by atoms with Crippen LogP contribution in [0.25, 0.3) is 0 Å². The molecule has 0 aliphatic rings. The number of hydrogen-bond acceptors (Lipinski definition) is 4. The molecule has 0 aliphatic carbocycles. The van der Waals surface area contributed by atoms with E-state index in [-0.39, 0.29) is 5.97 Å². The molecule has 1 N–H and O–H groups in total. The van der Waals surface area contributed by atoms with Crippen LogP contribution in [0, 0.1) is 0 Å². The van der Waals surface area contributed by atoms with E-state index in [0.717, 1.165) is 17.0 Å². The van der Waals surface area contributed by atoms with Crippen molar-refractivity contribution in [2.24, 2.45) is 0 Å². The maximum Gasteiger partial charge on any atom is 0.348 e. The number of rotatable bonds is 3. The van der Waals surface area contributed by atoms with E-state index in [2.05, 4.69) is 10.1 Å². The monoisotopic (exact) mass is 199 g/mol. The number of ether oxygens (including phenoxy) is 1. The minimum absolute atomic E-state index is 0.247. The van der Waals surface area contributed by atoms with Crippen LogP contribution in [-0.4, -0.2) is 20.1 Å². The van der Waals surface area contributed by atoms with Crippen molar-refractivity contribution in [1.82, 2.24) is 0 Å². The summed E-state index contributed by atoms with van der Waals surface area (Å²) in [5.41, 5.74) is 1.04. The molecular weight excluding hydrogens is 186 g/mol. The fourth-order valence-corrected chi connectivity index (χ4v) is 2.10. The molecule has 0 atom stereocenters. The zero-order valence-electron chi connectivity index (χ0n) is 8.01. The van der Waals surface area contributed by atoms with Crippen LogP contribution < -0.4 is 5.32 Å². The second kappa shape index (κ2) is 4.28. The first-order chi connectivity index (χ1) is 6.22. The van der Waals surface area contributed by atoms with Gasteiger partial charge in [0.25, 0.3) is 0 Å². The third-order valence-electron chi connectivity index (χ3n) is 1.81. The molecule has 0 bridgehead atoms. The molecule has 3 nitrogen and oxygen atoms in total. The van der Waals surface area contributed by atoms with Crippen molar-refractivity contribution in [3.8, 4) is 0 Å². The molecule has 0 aromatic carbocycles. The van der Waals surface area contributed by atoms with Gasteiger partial charge in [0.2, 0.25) is 0 Å². The number of nitrogens with one attached hydrogen (secondary N) is 1. The lowest BCUT2D eigenvalue weighted by Gasteiger charge is -1.96. The molecule has 0 spiro atoms. The third kappa shape index (κ3) is 2.01. The van der Waals surface area contributed by atoms with Crippen molar-refractivity contribution in [3.05, 3.63) is 16.5 Å². The molecule has 1 aromatic heterocycles. The molecule has 0 saturated carbocycles. The van der Waals surface area contributed by atoms with Crippen LogP contribution in [0.4, 0.5) is 5.00 Å². The largest absolute Gasteiger partial charge is 0.465 e. The number of hydrogen-bond donors (Lipinski definition) is 1. The first-order valence-electron chi connectivity index (χ1n) is 4.11. The van der Waals surface area contributed by atoms with Gasteiger partial charge in [0, 0.05) is 7.05 Å². The lowest BCUT2D eigenvalue weighted by Crippen LogP contribution is -2.00. The van der Waals surface area contributed by atoms with E-state index in [1.165, 1.54) is 18.4 Å². The molecule has 13 heavy (non-hydrogen) atoms. The van der Waals surface area contributed by atoms with Gasteiger partial charge in [-0.05, 0) is 18.1 Å². The topological polar surface area (TPSA) is 38.3 Å². The lowest BCUT2D eigenvalue weighted by molar-refractivity contribution is 0.0605. The first kappa shape index (κ1) is 10.1. The van der Waals surface area contributed by atoms with Gasteiger partial charge >= 0.3 is 5.97 Å². The Hall–Kier alpha value is -1.03. The van der Waals surface area contributed by atoms with Gasteiger partial charge in [0.05, 0.1) is 12.1 Å². The van der Waals surface area contributed by atoms with Crippen LogP contribution in [0.3, 0.4) is 0 Å². The quantitative estimate of drug-likeness (QED) is 0.758. The van der Waals surface area contributed by atoms with Crippen LogP contribution in [-0.2, 0) is 11.2 Å². The Morgan fingerprint density at radius 2 is 2.38 bits per heavy atom. The van der Waals surface area contributed by atoms with E-state index in [4.69, 9.17) is 0 Å². The molecule has 72 valence electrons. The van der Waals surface area contributed by atoms with Crippen LogP contribution >= 0.6 is 11.3 Å². The number of aryl methyl sites for hydroxylation is 1. The maximum absolute atomic E-state index is 11.3. The van der Waals surface area contributed by atoms with Gasteiger partial charge in [-0.1, -0.05) is 6.92 Å². The number of carbonyl (C=O) groups excluding carboxylic acids is 1. The number of thiophene rings is 1. The average molecular weight is 199 g/mol. The Kier molecular flexibility index (Phi) is 3.31. The molecule has 0 aliphatic heterocycles. The third-order valence-corrected chi connectivity index (χ3v) is 2.98. The van der Waals surface area contributed by atoms with Crippen molar-refractivity contribution in [3.63, 3.8) is 0 Å². The van der Waals surface area contributed by atoms with Crippen molar-refractivity contribution < 1.29 is 9.53 Å². The maximum atomic E-state index is 11.3. The van der Waals surface area contributed by atoms with Crippen molar-refractivity contribution in [2.75, 3.05) is 19.5 Å². The van der Waals surface area contributed by atoms with Crippen LogP contribution in [0.15, 0.2) is 6.07 Å². The molecule has 1 heterocycles. The summed E-state index contributed by atoms with van der Waals surface area (Å²) in [5.74, 6) is -0.247. The minimum atomic E-state index is -0.247. The second-order valence-corrected chi connectivity index (χ2v) is 3.61. The molecular formula is C9H13NO2S. The van der Waals surface area contributed by atoms with Gasteiger partial charge < -0.3 is 10.1 Å². The summed E-state index contributed by atoms with van der Waals surface area (Å²) in [7, 11) is 3.24. The Bertz CT molecular complexity index is 307. The lowest BCUT2D eigenvalue weighted by atomic mass is 10.2. The number of anilines is 1. The molecule has 0 saturated heterocycles. The van der Waals surface area contributed by atoms with Gasteiger partial charge in [-0.15, -0.1) is 11.3 Å². The average Bonchev–Trinajstić information content (AvgIpc) is 2.59. The van der Waals surface area contributed by atoms with Gasteiger partial charge in [-0.25, -0.2) is 4.79 Å². The second-order valence-electron chi connectivity index (χ2n) is 2.56. The minimum Gasteiger partial charge on any atom is -0.465 e. The predicted octanol–water partition coefficient (Wildman–Crippen LogP) is 2.14. The molecule has 0 unspecified atom stereocenters. The Labute approximate surface area is 81.7 Å². The van der Waals surface area contributed by atoms with Gasteiger partial charge in [-0.2, -0.15) is 0 Å². The Balaban J connectivity index is 3.03. The Morgan fingerprint density at radius 1 is 1.69 bits per heavy atom. The van der Waals surface area contributed by atoms with E-state index >= 15 is 0 Å².